The summed E-state index contributed by atoms with van der Waals surface area (Å²) in [6, 6.07) is 0. The van der Waals surface area contributed by atoms with Crippen molar-refractivity contribution in [1.29, 1.82) is 0 Å². The highest BCUT2D eigenvalue weighted by molar-refractivity contribution is 5.66. The molecule has 0 aromatic heterocycles. The van der Waals surface area contributed by atoms with E-state index >= 15 is 0 Å². The van der Waals surface area contributed by atoms with Crippen LogP contribution in [-0.2, 0) is 4.84 Å². The van der Waals surface area contributed by atoms with Crippen LogP contribution in [0, 0.1) is 0 Å². The van der Waals surface area contributed by atoms with E-state index < -0.39 is 0 Å². The van der Waals surface area contributed by atoms with Gasteiger partial charge in [0, 0.05) is 13.5 Å². The van der Waals surface area contributed by atoms with Crippen molar-refractivity contribution in [2.45, 2.75) is 13.8 Å². The second kappa shape index (κ2) is 2.54. The van der Waals surface area contributed by atoms with Crippen molar-refractivity contribution in [2.24, 2.45) is 0 Å². The summed E-state index contributed by atoms with van der Waals surface area (Å²) in [5.41, 5.74) is 1.05. The molecule has 0 saturated carbocycles. The molecule has 11 heavy (non-hydrogen) atoms. The van der Waals surface area contributed by atoms with Gasteiger partial charge in [-0.2, -0.15) is 0 Å². The molecule has 0 spiro atoms. The Kier molecular flexibility index (Phi) is 1.87. The molecule has 0 fully saturated rings. The lowest BCUT2D eigenvalue weighted by Crippen LogP contribution is -2.33. The van der Waals surface area contributed by atoms with Crippen molar-refractivity contribution in [3.8, 4) is 0 Å². The third-order valence-corrected chi connectivity index (χ3v) is 1.66. The van der Waals surface area contributed by atoms with E-state index in [0.29, 0.717) is 6.54 Å². The fourth-order valence-corrected chi connectivity index (χ4v) is 0.775. The molecular weight excluding hydrogens is 144 g/mol. The van der Waals surface area contributed by atoms with Gasteiger partial charge in [-0.25, -0.2) is 9.63 Å². The van der Waals surface area contributed by atoms with Crippen molar-refractivity contribution in [3.05, 3.63) is 11.9 Å². The molecule has 62 valence electrons. The third kappa shape index (κ3) is 1.71. The van der Waals surface area contributed by atoms with Crippen LogP contribution < -0.4 is 5.32 Å². The molecule has 0 bridgehead atoms. The lowest BCUT2D eigenvalue weighted by molar-refractivity contribution is -0.950. The Bertz CT molecular complexity index is 212. The van der Waals surface area contributed by atoms with Crippen LogP contribution in [0.2, 0.25) is 0 Å². The number of hydrogen-bond acceptors (Lipinski definition) is 2. The Hall–Kier alpha value is -1.03. The molecule has 1 aliphatic heterocycles. The number of rotatable bonds is 2. The number of amides is 1. The molecular formula is C7H13N2O2+. The van der Waals surface area contributed by atoms with E-state index in [1.54, 1.807) is 0 Å². The number of nitrogens with zero attached hydrogens (tertiary/aromatic N) is 1. The van der Waals surface area contributed by atoms with Crippen LogP contribution in [0.1, 0.15) is 13.8 Å². The van der Waals surface area contributed by atoms with Gasteiger partial charge in [-0.3, -0.25) is 0 Å². The fourth-order valence-electron chi connectivity index (χ4n) is 0.775. The molecule has 1 N–H and O–H groups in total. The van der Waals surface area contributed by atoms with E-state index in [2.05, 4.69) is 5.32 Å². The first-order valence-electron chi connectivity index (χ1n) is 3.62. The Balaban J connectivity index is 2.27. The van der Waals surface area contributed by atoms with Gasteiger partial charge >= 0.3 is 6.09 Å². The minimum absolute atomic E-state index is 0.214. The predicted molar refractivity (Wildman–Crippen MR) is 40.1 cm³/mol. The first-order valence-corrected chi connectivity index (χ1v) is 3.62. The van der Waals surface area contributed by atoms with Gasteiger partial charge in [0.25, 0.3) is 0 Å². The van der Waals surface area contributed by atoms with E-state index in [0.717, 1.165) is 5.70 Å². The van der Waals surface area contributed by atoms with Crippen molar-refractivity contribution in [2.75, 3.05) is 13.6 Å². The summed E-state index contributed by atoms with van der Waals surface area (Å²) >= 11 is 0. The largest absolute Gasteiger partial charge is 0.463 e. The average Bonchev–Trinajstić information content (AvgIpc) is 2.39. The van der Waals surface area contributed by atoms with Gasteiger partial charge in [0.2, 0.25) is 11.9 Å². The molecule has 1 unspecified atom stereocenters. The maximum atomic E-state index is 10.9. The Labute approximate surface area is 66.0 Å². The van der Waals surface area contributed by atoms with Gasteiger partial charge < -0.3 is 5.32 Å². The van der Waals surface area contributed by atoms with Crippen LogP contribution in [-0.4, -0.2) is 24.3 Å². The number of allylic oxidation sites excluding steroid dienone is 1. The monoisotopic (exact) mass is 157 g/mol. The van der Waals surface area contributed by atoms with Crippen LogP contribution in [0.4, 0.5) is 4.79 Å². The molecule has 1 heterocycles. The second-order valence-electron chi connectivity index (χ2n) is 2.67. The Morgan fingerprint density at radius 1 is 1.82 bits per heavy atom. The number of carbonyl (C=O) groups excluding carboxylic acids is 1. The average molecular weight is 157 g/mol. The number of hydrogen-bond donors (Lipinski definition) is 1. The van der Waals surface area contributed by atoms with E-state index in [1.807, 2.05) is 27.1 Å². The SMILES string of the molecule is CCNC(=O)O[N+]1(C)C=C1C. The number of nitrogens with one attached hydrogen (secondary N) is 1. The molecule has 1 rings (SSSR count). The first-order chi connectivity index (χ1) is 5.08. The first kappa shape index (κ1) is 8.07. The van der Waals surface area contributed by atoms with Gasteiger partial charge in [0.1, 0.15) is 7.05 Å². The van der Waals surface area contributed by atoms with Gasteiger partial charge in [-0.15, -0.1) is 0 Å². The van der Waals surface area contributed by atoms with Gasteiger partial charge in [0.05, 0.1) is 0 Å². The van der Waals surface area contributed by atoms with Crippen LogP contribution in [0.3, 0.4) is 0 Å². The van der Waals surface area contributed by atoms with E-state index in [9.17, 15) is 4.79 Å². The van der Waals surface area contributed by atoms with Crippen molar-refractivity contribution >= 4 is 6.09 Å². The standard InChI is InChI=1S/C7H12N2O2/c1-4-8-7(10)11-9(3)5-6(9)2/h5H,4H2,1-3H3/p+1. The number of carbonyl (C=O) groups is 1. The number of quaternary nitrogens is 1. The highest BCUT2D eigenvalue weighted by Gasteiger charge is 2.43. The maximum Gasteiger partial charge on any atom is 0.463 e. The zero-order chi connectivity index (χ0) is 8.48. The summed E-state index contributed by atoms with van der Waals surface area (Å²) in [5.74, 6) is 0. The fraction of sp³-hybridized carbons (Fsp3) is 0.571. The summed E-state index contributed by atoms with van der Waals surface area (Å²) < 4.78 is 0.214. The predicted octanol–water partition coefficient (Wildman–Crippen LogP) is 0.969. The molecule has 0 aliphatic carbocycles. The highest BCUT2D eigenvalue weighted by Crippen LogP contribution is 2.30. The van der Waals surface area contributed by atoms with Crippen LogP contribution >= 0.6 is 0 Å². The van der Waals surface area contributed by atoms with Crippen molar-refractivity contribution < 1.29 is 14.3 Å². The topological polar surface area (TPSA) is 38.3 Å². The van der Waals surface area contributed by atoms with Gasteiger partial charge in [0.15, 0.2) is 0 Å². The highest BCUT2D eigenvalue weighted by atomic mass is 16.8. The van der Waals surface area contributed by atoms with Crippen molar-refractivity contribution in [3.63, 3.8) is 0 Å². The summed E-state index contributed by atoms with van der Waals surface area (Å²) in [6.07, 6.45) is 1.48. The Morgan fingerprint density at radius 3 is 2.73 bits per heavy atom. The second-order valence-corrected chi connectivity index (χ2v) is 2.67. The lowest BCUT2D eigenvalue weighted by Gasteiger charge is -2.10. The minimum atomic E-state index is -0.372. The summed E-state index contributed by atoms with van der Waals surface area (Å²) in [6.45, 7) is 4.36. The van der Waals surface area contributed by atoms with Crippen LogP contribution in [0.5, 0.6) is 0 Å². The summed E-state index contributed by atoms with van der Waals surface area (Å²) in [7, 11) is 1.81. The quantitative estimate of drug-likeness (QED) is 0.606. The normalized spacial score (nSPS) is 27.4. The summed E-state index contributed by atoms with van der Waals surface area (Å²) in [4.78, 5) is 15.9. The minimum Gasteiger partial charge on any atom is -0.317 e. The third-order valence-electron chi connectivity index (χ3n) is 1.66. The molecule has 4 nitrogen and oxygen atoms in total. The smallest absolute Gasteiger partial charge is 0.317 e. The molecule has 1 atom stereocenters. The zero-order valence-electron chi connectivity index (χ0n) is 7.05. The van der Waals surface area contributed by atoms with Gasteiger partial charge in [-0.05, 0) is 6.92 Å². The van der Waals surface area contributed by atoms with E-state index in [-0.39, 0.29) is 10.7 Å². The lowest BCUT2D eigenvalue weighted by atomic mass is 10.7. The molecule has 0 aromatic rings. The Morgan fingerprint density at radius 2 is 2.36 bits per heavy atom. The van der Waals surface area contributed by atoms with E-state index in [1.165, 1.54) is 0 Å². The van der Waals surface area contributed by atoms with Crippen LogP contribution in [0.15, 0.2) is 11.9 Å². The van der Waals surface area contributed by atoms with E-state index in [4.69, 9.17) is 4.84 Å². The molecule has 0 radical (unpaired) electrons. The number of hydroxylamine groups is 3. The molecule has 0 aromatic carbocycles. The molecule has 0 saturated heterocycles. The van der Waals surface area contributed by atoms with Gasteiger partial charge in [-0.1, -0.05) is 4.65 Å². The maximum absolute atomic E-state index is 10.9. The van der Waals surface area contributed by atoms with Crippen molar-refractivity contribution in [1.82, 2.24) is 5.32 Å². The zero-order valence-corrected chi connectivity index (χ0v) is 7.05. The molecule has 1 aliphatic rings. The molecule has 1 amide bonds. The summed E-state index contributed by atoms with van der Waals surface area (Å²) in [5, 5.41) is 2.55. The molecule has 4 heteroatoms. The van der Waals surface area contributed by atoms with Crippen LogP contribution in [0.25, 0.3) is 0 Å².